The summed E-state index contributed by atoms with van der Waals surface area (Å²) in [5.41, 5.74) is 9.60. The summed E-state index contributed by atoms with van der Waals surface area (Å²) in [7, 11) is 0. The van der Waals surface area contributed by atoms with Crippen LogP contribution >= 0.6 is 0 Å². The summed E-state index contributed by atoms with van der Waals surface area (Å²) in [5.74, 6) is 5.74. The minimum Gasteiger partial charge on any atom is -0.271 e. The van der Waals surface area contributed by atoms with Crippen LogP contribution in [0.25, 0.3) is 0 Å². The van der Waals surface area contributed by atoms with Gasteiger partial charge in [0, 0.05) is 6.04 Å². The fourth-order valence-electron chi connectivity index (χ4n) is 2.60. The molecule has 2 nitrogen and oxygen atoms in total. The van der Waals surface area contributed by atoms with Crippen molar-refractivity contribution in [3.8, 4) is 0 Å². The number of rotatable bonds is 5. The second-order valence-corrected chi connectivity index (χ2v) is 5.69. The summed E-state index contributed by atoms with van der Waals surface area (Å²) in [6.45, 7) is 6.42. The van der Waals surface area contributed by atoms with E-state index in [2.05, 4.69) is 68.7 Å². The van der Waals surface area contributed by atoms with Gasteiger partial charge >= 0.3 is 0 Å². The summed E-state index contributed by atoms with van der Waals surface area (Å²) < 4.78 is 0. The SMILES string of the molecule is Cc1cccc(CC(Cc2cc(C)ccc2C)NN)c1. The van der Waals surface area contributed by atoms with E-state index in [4.69, 9.17) is 5.84 Å². The minimum absolute atomic E-state index is 0.261. The van der Waals surface area contributed by atoms with Crippen molar-refractivity contribution in [2.45, 2.75) is 39.7 Å². The van der Waals surface area contributed by atoms with Crippen LogP contribution in [0.1, 0.15) is 27.8 Å². The summed E-state index contributed by atoms with van der Waals surface area (Å²) >= 11 is 0. The van der Waals surface area contributed by atoms with Crippen LogP contribution in [0.2, 0.25) is 0 Å². The Kier molecular flexibility index (Phi) is 4.94. The highest BCUT2D eigenvalue weighted by molar-refractivity contribution is 5.31. The average molecular weight is 268 g/mol. The van der Waals surface area contributed by atoms with Crippen molar-refractivity contribution in [2.75, 3.05) is 0 Å². The number of hydrogen-bond donors (Lipinski definition) is 2. The van der Waals surface area contributed by atoms with E-state index < -0.39 is 0 Å². The Morgan fingerprint density at radius 2 is 1.70 bits per heavy atom. The molecule has 0 fully saturated rings. The number of benzene rings is 2. The minimum atomic E-state index is 0.261. The lowest BCUT2D eigenvalue weighted by atomic mass is 9.95. The van der Waals surface area contributed by atoms with Crippen LogP contribution in [0, 0.1) is 20.8 Å². The molecule has 0 radical (unpaired) electrons. The summed E-state index contributed by atoms with van der Waals surface area (Å²) in [4.78, 5) is 0. The van der Waals surface area contributed by atoms with Gasteiger partial charge in [0.15, 0.2) is 0 Å². The monoisotopic (exact) mass is 268 g/mol. The molecular weight excluding hydrogens is 244 g/mol. The Morgan fingerprint density at radius 3 is 2.40 bits per heavy atom. The molecule has 2 heteroatoms. The lowest BCUT2D eigenvalue weighted by Gasteiger charge is -2.18. The van der Waals surface area contributed by atoms with Crippen molar-refractivity contribution in [3.63, 3.8) is 0 Å². The lowest BCUT2D eigenvalue weighted by molar-refractivity contribution is 0.521. The van der Waals surface area contributed by atoms with Crippen LogP contribution in [0.15, 0.2) is 42.5 Å². The molecule has 0 amide bonds. The number of hydrazine groups is 1. The fraction of sp³-hybridized carbons (Fsp3) is 0.333. The number of hydrogen-bond acceptors (Lipinski definition) is 2. The van der Waals surface area contributed by atoms with Gasteiger partial charge in [0.05, 0.1) is 0 Å². The third-order valence-electron chi connectivity index (χ3n) is 3.77. The van der Waals surface area contributed by atoms with E-state index in [9.17, 15) is 0 Å². The molecule has 0 spiro atoms. The van der Waals surface area contributed by atoms with Crippen LogP contribution < -0.4 is 11.3 Å². The molecule has 2 aromatic carbocycles. The third kappa shape index (κ3) is 3.92. The van der Waals surface area contributed by atoms with Crippen molar-refractivity contribution in [1.82, 2.24) is 5.43 Å². The van der Waals surface area contributed by atoms with Gasteiger partial charge in [0.1, 0.15) is 0 Å². The van der Waals surface area contributed by atoms with Crippen LogP contribution in [-0.4, -0.2) is 6.04 Å². The molecule has 0 aliphatic heterocycles. The number of nitrogens with one attached hydrogen (secondary N) is 1. The van der Waals surface area contributed by atoms with Gasteiger partial charge in [0.2, 0.25) is 0 Å². The molecule has 20 heavy (non-hydrogen) atoms. The molecule has 0 saturated heterocycles. The number of nitrogens with two attached hydrogens (primary N) is 1. The van der Waals surface area contributed by atoms with Crippen molar-refractivity contribution < 1.29 is 0 Å². The standard InChI is InChI=1S/C18H24N2/c1-13-5-4-6-16(9-13)11-18(20-19)12-17-10-14(2)7-8-15(17)3/h4-10,18,20H,11-12,19H2,1-3H3. The Bertz CT molecular complexity index is 575. The van der Waals surface area contributed by atoms with E-state index in [0.717, 1.165) is 12.8 Å². The predicted molar refractivity (Wildman–Crippen MR) is 85.6 cm³/mol. The molecule has 1 atom stereocenters. The van der Waals surface area contributed by atoms with Gasteiger partial charge < -0.3 is 0 Å². The summed E-state index contributed by atoms with van der Waals surface area (Å²) in [5, 5.41) is 0. The topological polar surface area (TPSA) is 38.0 Å². The van der Waals surface area contributed by atoms with Gasteiger partial charge in [-0.2, -0.15) is 0 Å². The molecule has 0 heterocycles. The zero-order chi connectivity index (χ0) is 14.5. The van der Waals surface area contributed by atoms with Gasteiger partial charge in [-0.05, 0) is 50.3 Å². The van der Waals surface area contributed by atoms with E-state index >= 15 is 0 Å². The van der Waals surface area contributed by atoms with Gasteiger partial charge in [-0.3, -0.25) is 11.3 Å². The second-order valence-electron chi connectivity index (χ2n) is 5.69. The Labute approximate surface area is 122 Å². The molecule has 2 aromatic rings. The smallest absolute Gasteiger partial charge is 0.0291 e. The molecule has 0 aromatic heterocycles. The van der Waals surface area contributed by atoms with E-state index in [-0.39, 0.29) is 6.04 Å². The van der Waals surface area contributed by atoms with E-state index in [0.29, 0.717) is 0 Å². The van der Waals surface area contributed by atoms with Crippen LogP contribution in [-0.2, 0) is 12.8 Å². The Morgan fingerprint density at radius 1 is 0.950 bits per heavy atom. The first kappa shape index (κ1) is 14.8. The van der Waals surface area contributed by atoms with Crippen molar-refractivity contribution >= 4 is 0 Å². The largest absolute Gasteiger partial charge is 0.271 e. The Hall–Kier alpha value is -1.64. The summed E-state index contributed by atoms with van der Waals surface area (Å²) in [6.07, 6.45) is 1.91. The van der Waals surface area contributed by atoms with Crippen molar-refractivity contribution in [1.29, 1.82) is 0 Å². The van der Waals surface area contributed by atoms with E-state index in [1.54, 1.807) is 0 Å². The first-order valence-corrected chi connectivity index (χ1v) is 7.16. The van der Waals surface area contributed by atoms with Crippen LogP contribution in [0.3, 0.4) is 0 Å². The second kappa shape index (κ2) is 6.69. The highest BCUT2D eigenvalue weighted by Gasteiger charge is 2.11. The molecule has 106 valence electrons. The highest BCUT2D eigenvalue weighted by atomic mass is 15.2. The van der Waals surface area contributed by atoms with E-state index in [1.807, 2.05) is 0 Å². The Balaban J connectivity index is 2.11. The fourth-order valence-corrected chi connectivity index (χ4v) is 2.60. The maximum absolute atomic E-state index is 5.74. The summed E-state index contributed by atoms with van der Waals surface area (Å²) in [6, 6.07) is 15.5. The normalized spacial score (nSPS) is 12.4. The maximum atomic E-state index is 5.74. The molecule has 0 aliphatic rings. The predicted octanol–water partition coefficient (Wildman–Crippen LogP) is 3.23. The zero-order valence-corrected chi connectivity index (χ0v) is 12.6. The van der Waals surface area contributed by atoms with Gasteiger partial charge in [-0.25, -0.2) is 0 Å². The first-order chi connectivity index (χ1) is 9.58. The lowest BCUT2D eigenvalue weighted by Crippen LogP contribution is -2.38. The van der Waals surface area contributed by atoms with Crippen molar-refractivity contribution in [3.05, 3.63) is 70.3 Å². The van der Waals surface area contributed by atoms with Crippen molar-refractivity contribution in [2.24, 2.45) is 5.84 Å². The maximum Gasteiger partial charge on any atom is 0.0291 e. The number of aryl methyl sites for hydroxylation is 3. The van der Waals surface area contributed by atoms with Gasteiger partial charge in [-0.15, -0.1) is 0 Å². The molecule has 0 aliphatic carbocycles. The quantitative estimate of drug-likeness (QED) is 0.645. The molecule has 0 bridgehead atoms. The first-order valence-electron chi connectivity index (χ1n) is 7.16. The average Bonchev–Trinajstić information content (AvgIpc) is 2.42. The molecule has 2 rings (SSSR count). The van der Waals surface area contributed by atoms with Crippen LogP contribution in [0.4, 0.5) is 0 Å². The van der Waals surface area contributed by atoms with Crippen LogP contribution in [0.5, 0.6) is 0 Å². The third-order valence-corrected chi connectivity index (χ3v) is 3.77. The van der Waals surface area contributed by atoms with E-state index in [1.165, 1.54) is 27.8 Å². The molecule has 1 unspecified atom stereocenters. The zero-order valence-electron chi connectivity index (χ0n) is 12.6. The molecular formula is C18H24N2. The van der Waals surface area contributed by atoms with Gasteiger partial charge in [-0.1, -0.05) is 53.6 Å². The molecule has 0 saturated carbocycles. The molecule has 3 N–H and O–H groups in total. The highest BCUT2D eigenvalue weighted by Crippen LogP contribution is 2.15. The van der Waals surface area contributed by atoms with Gasteiger partial charge in [0.25, 0.3) is 0 Å².